The smallest absolute Gasteiger partial charge is 0.303 e. The standard InChI is InChI=1S/C27H32ClF2N3O5/c1-15-5-9-20(19(28)11-15)31-22(34)12-17(8-10-23(35)36)26(27(29,30)25(2,3)4)13-21(32-38-26)24-18(14-37-33-24)16-6-7-16/h5,9,11,13-14,16-17,32H,6-8,10,12H2,1-4H3,(H,31,34)(H,35,36)/t17?,26-/m1/s1. The number of nitrogens with zero attached hydrogens (tertiary/aromatic N) is 1. The van der Waals surface area contributed by atoms with Gasteiger partial charge in [0.25, 0.3) is 5.92 Å². The molecule has 38 heavy (non-hydrogen) atoms. The second-order valence-electron chi connectivity index (χ2n) is 11.1. The number of carbonyl (C=O) groups excluding carboxylic acids is 1. The average molecular weight is 552 g/mol. The maximum absolute atomic E-state index is 16.4. The van der Waals surface area contributed by atoms with Crippen LogP contribution in [0.3, 0.4) is 0 Å². The number of carboxylic acids is 1. The second-order valence-corrected chi connectivity index (χ2v) is 11.5. The maximum atomic E-state index is 16.4. The molecule has 0 radical (unpaired) electrons. The van der Waals surface area contributed by atoms with Crippen LogP contribution in [0.15, 0.2) is 35.1 Å². The van der Waals surface area contributed by atoms with Crippen LogP contribution < -0.4 is 10.8 Å². The largest absolute Gasteiger partial charge is 0.481 e. The Morgan fingerprint density at radius 3 is 2.63 bits per heavy atom. The van der Waals surface area contributed by atoms with Gasteiger partial charge in [-0.25, -0.2) is 8.78 Å². The number of nitrogens with one attached hydrogen (secondary N) is 2. The predicted molar refractivity (Wildman–Crippen MR) is 138 cm³/mol. The minimum absolute atomic E-state index is 0.201. The van der Waals surface area contributed by atoms with Crippen LogP contribution in [0.5, 0.6) is 0 Å². The molecule has 1 aromatic heterocycles. The van der Waals surface area contributed by atoms with Crippen molar-refractivity contribution in [2.75, 3.05) is 5.32 Å². The van der Waals surface area contributed by atoms with Gasteiger partial charge in [-0.3, -0.25) is 19.9 Å². The van der Waals surface area contributed by atoms with Crippen molar-refractivity contribution in [2.45, 2.75) is 77.2 Å². The van der Waals surface area contributed by atoms with Crippen LogP contribution in [0.1, 0.15) is 75.6 Å². The molecule has 2 aliphatic rings. The zero-order chi connectivity index (χ0) is 27.9. The Kier molecular flexibility index (Phi) is 7.60. The van der Waals surface area contributed by atoms with Crippen molar-refractivity contribution >= 4 is 34.9 Å². The molecule has 1 amide bonds. The number of benzene rings is 1. The van der Waals surface area contributed by atoms with Crippen molar-refractivity contribution in [3.05, 3.63) is 52.4 Å². The minimum Gasteiger partial charge on any atom is -0.481 e. The number of carbonyl (C=O) groups is 2. The first-order valence-corrected chi connectivity index (χ1v) is 12.9. The molecule has 2 atom stereocenters. The minimum atomic E-state index is -3.54. The van der Waals surface area contributed by atoms with Gasteiger partial charge in [0.2, 0.25) is 5.91 Å². The molecule has 1 aliphatic carbocycles. The first-order chi connectivity index (χ1) is 17.7. The molecular weight excluding hydrogens is 520 g/mol. The number of halogens is 3. The Morgan fingerprint density at radius 2 is 2.03 bits per heavy atom. The number of aromatic nitrogens is 1. The van der Waals surface area contributed by atoms with E-state index in [9.17, 15) is 14.7 Å². The van der Waals surface area contributed by atoms with E-state index in [0.717, 1.165) is 24.0 Å². The molecule has 2 aromatic rings. The third kappa shape index (κ3) is 5.42. The van der Waals surface area contributed by atoms with E-state index in [1.54, 1.807) is 18.2 Å². The van der Waals surface area contributed by atoms with Crippen LogP contribution in [0, 0.1) is 18.3 Å². The van der Waals surface area contributed by atoms with Gasteiger partial charge in [-0.15, -0.1) is 0 Å². The number of aliphatic carboxylic acids is 1. The lowest BCUT2D eigenvalue weighted by Crippen LogP contribution is -2.60. The summed E-state index contributed by atoms with van der Waals surface area (Å²) < 4.78 is 37.9. The van der Waals surface area contributed by atoms with Crippen molar-refractivity contribution < 1.29 is 32.8 Å². The summed E-state index contributed by atoms with van der Waals surface area (Å²) in [5, 5.41) is 16.4. The second kappa shape index (κ2) is 10.3. The molecule has 1 aromatic carbocycles. The molecule has 206 valence electrons. The highest BCUT2D eigenvalue weighted by atomic mass is 35.5. The molecule has 2 heterocycles. The summed E-state index contributed by atoms with van der Waals surface area (Å²) in [4.78, 5) is 30.4. The molecule has 1 unspecified atom stereocenters. The van der Waals surface area contributed by atoms with Gasteiger partial charge in [-0.1, -0.05) is 43.6 Å². The number of amides is 1. The van der Waals surface area contributed by atoms with Crippen molar-refractivity contribution in [3.8, 4) is 0 Å². The number of hydroxylamine groups is 1. The maximum Gasteiger partial charge on any atom is 0.303 e. The van der Waals surface area contributed by atoms with E-state index in [1.807, 2.05) is 6.92 Å². The van der Waals surface area contributed by atoms with Gasteiger partial charge in [0.05, 0.1) is 16.4 Å². The predicted octanol–water partition coefficient (Wildman–Crippen LogP) is 6.32. The van der Waals surface area contributed by atoms with E-state index in [4.69, 9.17) is 21.0 Å². The Balaban J connectivity index is 1.74. The third-order valence-corrected chi connectivity index (χ3v) is 7.45. The van der Waals surface area contributed by atoms with E-state index in [0.29, 0.717) is 16.4 Å². The molecule has 1 saturated carbocycles. The third-order valence-electron chi connectivity index (χ3n) is 7.13. The average Bonchev–Trinajstić information content (AvgIpc) is 3.36. The fourth-order valence-corrected chi connectivity index (χ4v) is 5.06. The van der Waals surface area contributed by atoms with Gasteiger partial charge in [0.15, 0.2) is 5.60 Å². The van der Waals surface area contributed by atoms with Crippen molar-refractivity contribution in [1.82, 2.24) is 10.6 Å². The molecule has 8 nitrogen and oxygen atoms in total. The van der Waals surface area contributed by atoms with Gasteiger partial charge in [0.1, 0.15) is 12.0 Å². The van der Waals surface area contributed by atoms with Crippen LogP contribution in [-0.4, -0.2) is 33.7 Å². The highest BCUT2D eigenvalue weighted by Crippen LogP contribution is 2.54. The first kappa shape index (κ1) is 28.0. The lowest BCUT2D eigenvalue weighted by Gasteiger charge is -2.45. The van der Waals surface area contributed by atoms with Crippen LogP contribution >= 0.6 is 11.6 Å². The molecule has 11 heteroatoms. The number of hydrogen-bond acceptors (Lipinski definition) is 6. The SMILES string of the molecule is Cc1ccc(NC(=O)CC(CCC(=O)O)[C@@]2(C(F)(F)C(C)(C)C)C=C(c3nocc3C3CC3)NO2)c(Cl)c1. The number of aryl methyl sites for hydroxylation is 1. The van der Waals surface area contributed by atoms with E-state index >= 15 is 8.78 Å². The summed E-state index contributed by atoms with van der Waals surface area (Å²) in [6.45, 7) is 5.96. The molecule has 0 bridgehead atoms. The van der Waals surface area contributed by atoms with Gasteiger partial charge >= 0.3 is 5.97 Å². The Bertz CT molecular complexity index is 1250. The molecule has 1 fully saturated rings. The summed E-state index contributed by atoms with van der Waals surface area (Å²) in [5.41, 5.74) is 1.22. The van der Waals surface area contributed by atoms with Gasteiger partial charge in [-0.2, -0.15) is 0 Å². The summed E-state index contributed by atoms with van der Waals surface area (Å²) in [5.74, 6) is -6.30. The highest BCUT2D eigenvalue weighted by molar-refractivity contribution is 6.33. The van der Waals surface area contributed by atoms with Crippen molar-refractivity contribution in [3.63, 3.8) is 0 Å². The molecule has 3 N–H and O–H groups in total. The first-order valence-electron chi connectivity index (χ1n) is 12.5. The normalized spacial score (nSPS) is 20.6. The zero-order valence-electron chi connectivity index (χ0n) is 21.7. The van der Waals surface area contributed by atoms with E-state index in [2.05, 4.69) is 16.0 Å². The number of carboxylic acid groups (broad SMARTS) is 1. The lowest BCUT2D eigenvalue weighted by molar-refractivity contribution is -0.260. The Morgan fingerprint density at radius 1 is 1.32 bits per heavy atom. The van der Waals surface area contributed by atoms with Crippen LogP contribution in [0.4, 0.5) is 14.5 Å². The van der Waals surface area contributed by atoms with Gasteiger partial charge in [-0.05, 0) is 55.9 Å². The molecule has 0 spiro atoms. The monoisotopic (exact) mass is 551 g/mol. The molecule has 0 saturated heterocycles. The van der Waals surface area contributed by atoms with Gasteiger partial charge in [0, 0.05) is 29.7 Å². The Hall–Kier alpha value is -2.98. The zero-order valence-corrected chi connectivity index (χ0v) is 22.5. The van der Waals surface area contributed by atoms with Crippen LogP contribution in [-0.2, 0) is 14.4 Å². The summed E-state index contributed by atoms with van der Waals surface area (Å²) >= 11 is 6.25. The topological polar surface area (TPSA) is 114 Å². The number of anilines is 1. The van der Waals surface area contributed by atoms with E-state index in [1.165, 1.54) is 33.1 Å². The Labute approximate surface area is 224 Å². The van der Waals surface area contributed by atoms with E-state index in [-0.39, 0.29) is 18.0 Å². The summed E-state index contributed by atoms with van der Waals surface area (Å²) in [6, 6.07) is 5.05. The van der Waals surface area contributed by atoms with Crippen LogP contribution in [0.25, 0.3) is 5.70 Å². The van der Waals surface area contributed by atoms with Crippen LogP contribution in [0.2, 0.25) is 5.02 Å². The number of rotatable bonds is 10. The molecule has 1 aliphatic heterocycles. The van der Waals surface area contributed by atoms with Gasteiger partial charge < -0.3 is 14.9 Å². The number of hydrogen-bond donors (Lipinski definition) is 3. The number of alkyl halides is 2. The van der Waals surface area contributed by atoms with Crippen molar-refractivity contribution in [1.29, 1.82) is 0 Å². The lowest BCUT2D eigenvalue weighted by atomic mass is 9.68. The summed E-state index contributed by atoms with van der Waals surface area (Å²) in [7, 11) is 0. The van der Waals surface area contributed by atoms with E-state index < -0.39 is 47.6 Å². The molecule has 4 rings (SSSR count). The summed E-state index contributed by atoms with van der Waals surface area (Å²) in [6.07, 6.45) is 3.51. The molecular formula is C27H32ClF2N3O5. The fourth-order valence-electron chi connectivity index (χ4n) is 4.77. The highest BCUT2D eigenvalue weighted by Gasteiger charge is 2.66. The fraction of sp³-hybridized carbons (Fsp3) is 0.519. The van der Waals surface area contributed by atoms with Crippen molar-refractivity contribution in [2.24, 2.45) is 11.3 Å². The quantitative estimate of drug-likeness (QED) is 0.316.